The summed E-state index contributed by atoms with van der Waals surface area (Å²) in [6.45, 7) is 0. The molecule has 1 heterocycles. The van der Waals surface area contributed by atoms with E-state index in [1.807, 2.05) is 0 Å². The van der Waals surface area contributed by atoms with E-state index in [4.69, 9.17) is 39.5 Å². The molecule has 1 aromatic carbocycles. The largest absolute Gasteiger partial charge is 0.496 e. The molecular formula is C11H7Cl3N2O. The number of aromatic nitrogens is 2. The smallest absolute Gasteiger partial charge is 0.151 e. The van der Waals surface area contributed by atoms with Crippen molar-refractivity contribution in [1.29, 1.82) is 0 Å². The van der Waals surface area contributed by atoms with Crippen molar-refractivity contribution in [3.63, 3.8) is 0 Å². The maximum Gasteiger partial charge on any atom is 0.151 e. The van der Waals surface area contributed by atoms with Crippen LogP contribution in [-0.4, -0.2) is 17.1 Å². The number of hydrogen-bond donors (Lipinski definition) is 0. The standard InChI is InChI=1S/C11H7Cl3N2O/c1-17-8-4-6(12)2-3-7(8)10-9(13)11(14)16-5-15-10/h2-5H,1H3. The molecule has 0 amide bonds. The molecule has 0 aliphatic carbocycles. The van der Waals surface area contributed by atoms with Crippen LogP contribution in [0.15, 0.2) is 24.5 Å². The minimum atomic E-state index is 0.202. The summed E-state index contributed by atoms with van der Waals surface area (Å²) < 4.78 is 5.23. The Kier molecular flexibility index (Phi) is 3.72. The van der Waals surface area contributed by atoms with E-state index in [1.54, 1.807) is 25.3 Å². The van der Waals surface area contributed by atoms with E-state index in [0.29, 0.717) is 22.0 Å². The molecule has 0 unspecified atom stereocenters. The molecule has 88 valence electrons. The molecule has 0 saturated carbocycles. The van der Waals surface area contributed by atoms with Gasteiger partial charge in [0.15, 0.2) is 5.15 Å². The fraction of sp³-hybridized carbons (Fsp3) is 0.0909. The second-order valence-corrected chi connectivity index (χ2v) is 4.34. The van der Waals surface area contributed by atoms with E-state index >= 15 is 0 Å². The van der Waals surface area contributed by atoms with Gasteiger partial charge in [0.25, 0.3) is 0 Å². The van der Waals surface area contributed by atoms with Crippen LogP contribution < -0.4 is 4.74 Å². The molecule has 0 aliphatic rings. The van der Waals surface area contributed by atoms with Crippen LogP contribution >= 0.6 is 34.8 Å². The summed E-state index contributed by atoms with van der Waals surface area (Å²) in [5.74, 6) is 0.578. The van der Waals surface area contributed by atoms with Crippen molar-refractivity contribution in [3.05, 3.63) is 39.7 Å². The van der Waals surface area contributed by atoms with E-state index < -0.39 is 0 Å². The number of hydrogen-bond acceptors (Lipinski definition) is 3. The van der Waals surface area contributed by atoms with Crippen LogP contribution in [0.4, 0.5) is 0 Å². The Morgan fingerprint density at radius 3 is 2.59 bits per heavy atom. The lowest BCUT2D eigenvalue weighted by molar-refractivity contribution is 0.416. The van der Waals surface area contributed by atoms with Crippen LogP contribution in [0.25, 0.3) is 11.3 Å². The van der Waals surface area contributed by atoms with Crippen molar-refractivity contribution >= 4 is 34.8 Å². The predicted molar refractivity (Wildman–Crippen MR) is 69.1 cm³/mol. The molecule has 0 saturated heterocycles. The second kappa shape index (κ2) is 5.08. The average molecular weight is 290 g/mol. The van der Waals surface area contributed by atoms with Gasteiger partial charge in [0.05, 0.1) is 12.8 Å². The van der Waals surface area contributed by atoms with Gasteiger partial charge >= 0.3 is 0 Å². The van der Waals surface area contributed by atoms with Gasteiger partial charge in [-0.15, -0.1) is 0 Å². The SMILES string of the molecule is COc1cc(Cl)ccc1-c1ncnc(Cl)c1Cl. The molecule has 0 bridgehead atoms. The molecule has 3 nitrogen and oxygen atoms in total. The Morgan fingerprint density at radius 1 is 1.12 bits per heavy atom. The zero-order valence-electron chi connectivity index (χ0n) is 8.75. The Balaban J connectivity index is 2.64. The molecule has 0 atom stereocenters. The molecule has 17 heavy (non-hydrogen) atoms. The minimum absolute atomic E-state index is 0.202. The van der Waals surface area contributed by atoms with E-state index in [1.165, 1.54) is 6.33 Å². The number of rotatable bonds is 2. The third-order valence-electron chi connectivity index (χ3n) is 2.17. The molecule has 2 aromatic rings. The van der Waals surface area contributed by atoms with Gasteiger partial charge < -0.3 is 4.74 Å². The molecule has 0 fully saturated rings. The van der Waals surface area contributed by atoms with Gasteiger partial charge in [-0.25, -0.2) is 9.97 Å². The average Bonchev–Trinajstić information content (AvgIpc) is 2.33. The number of benzene rings is 1. The molecule has 6 heteroatoms. The summed E-state index contributed by atoms with van der Waals surface area (Å²) in [7, 11) is 1.55. The number of halogens is 3. The third kappa shape index (κ3) is 2.46. The fourth-order valence-electron chi connectivity index (χ4n) is 1.40. The first kappa shape index (κ1) is 12.4. The topological polar surface area (TPSA) is 35.0 Å². The highest BCUT2D eigenvalue weighted by Crippen LogP contribution is 2.36. The Bertz CT molecular complexity index is 560. The predicted octanol–water partition coefficient (Wildman–Crippen LogP) is 4.11. The van der Waals surface area contributed by atoms with Crippen LogP contribution in [0.3, 0.4) is 0 Å². The van der Waals surface area contributed by atoms with Crippen molar-refractivity contribution in [2.75, 3.05) is 7.11 Å². The molecule has 0 aliphatic heterocycles. The fourth-order valence-corrected chi connectivity index (χ4v) is 1.89. The number of methoxy groups -OCH3 is 1. The summed E-state index contributed by atoms with van der Waals surface area (Å²) >= 11 is 17.8. The van der Waals surface area contributed by atoms with Crippen molar-refractivity contribution in [2.45, 2.75) is 0 Å². The molecule has 1 aromatic heterocycles. The summed E-state index contributed by atoms with van der Waals surface area (Å²) in [4.78, 5) is 7.89. The first-order chi connectivity index (χ1) is 8.13. The van der Waals surface area contributed by atoms with Crippen LogP contribution in [0.2, 0.25) is 15.2 Å². The lowest BCUT2D eigenvalue weighted by atomic mass is 10.1. The summed E-state index contributed by atoms with van der Waals surface area (Å²) in [5, 5.41) is 1.06. The van der Waals surface area contributed by atoms with Crippen LogP contribution in [0.5, 0.6) is 5.75 Å². The minimum Gasteiger partial charge on any atom is -0.496 e. The van der Waals surface area contributed by atoms with Crippen LogP contribution in [0.1, 0.15) is 0 Å². The normalized spacial score (nSPS) is 10.4. The van der Waals surface area contributed by atoms with Crippen molar-refractivity contribution in [2.24, 2.45) is 0 Å². The molecule has 0 spiro atoms. The van der Waals surface area contributed by atoms with Crippen molar-refractivity contribution < 1.29 is 4.74 Å². The lowest BCUT2D eigenvalue weighted by Gasteiger charge is -2.09. The van der Waals surface area contributed by atoms with Gasteiger partial charge in [0, 0.05) is 10.6 Å². The van der Waals surface area contributed by atoms with Gasteiger partial charge in [0.1, 0.15) is 17.1 Å². The number of nitrogens with zero attached hydrogens (tertiary/aromatic N) is 2. The van der Waals surface area contributed by atoms with Gasteiger partial charge in [0.2, 0.25) is 0 Å². The monoisotopic (exact) mass is 288 g/mol. The Morgan fingerprint density at radius 2 is 1.88 bits per heavy atom. The van der Waals surface area contributed by atoms with E-state index in [2.05, 4.69) is 9.97 Å². The summed E-state index contributed by atoms with van der Waals surface area (Å²) in [6, 6.07) is 5.18. The van der Waals surface area contributed by atoms with Gasteiger partial charge in [-0.3, -0.25) is 0 Å². The number of ether oxygens (including phenoxy) is 1. The van der Waals surface area contributed by atoms with Crippen LogP contribution in [0, 0.1) is 0 Å². The Hall–Kier alpha value is -1.03. The van der Waals surface area contributed by atoms with Gasteiger partial charge in [-0.05, 0) is 18.2 Å². The molecule has 0 radical (unpaired) electrons. The van der Waals surface area contributed by atoms with E-state index in [0.717, 1.165) is 0 Å². The van der Waals surface area contributed by atoms with Gasteiger partial charge in [-0.2, -0.15) is 0 Å². The summed E-state index contributed by atoms with van der Waals surface area (Å²) in [6.07, 6.45) is 1.34. The molecule has 2 rings (SSSR count). The third-order valence-corrected chi connectivity index (χ3v) is 3.14. The zero-order chi connectivity index (χ0) is 12.4. The first-order valence-electron chi connectivity index (χ1n) is 4.63. The van der Waals surface area contributed by atoms with Crippen LogP contribution in [-0.2, 0) is 0 Å². The highest BCUT2D eigenvalue weighted by atomic mass is 35.5. The summed E-state index contributed by atoms with van der Waals surface area (Å²) in [5.41, 5.74) is 1.23. The highest BCUT2D eigenvalue weighted by molar-refractivity contribution is 6.42. The van der Waals surface area contributed by atoms with Crippen molar-refractivity contribution in [3.8, 4) is 17.0 Å². The highest BCUT2D eigenvalue weighted by Gasteiger charge is 2.14. The second-order valence-electron chi connectivity index (χ2n) is 3.17. The molecule has 0 N–H and O–H groups in total. The lowest BCUT2D eigenvalue weighted by Crippen LogP contribution is -1.92. The first-order valence-corrected chi connectivity index (χ1v) is 5.76. The maximum absolute atomic E-state index is 6.05. The molecular weight excluding hydrogens is 282 g/mol. The zero-order valence-corrected chi connectivity index (χ0v) is 11.0. The Labute approximate surface area is 113 Å². The quantitative estimate of drug-likeness (QED) is 0.780. The van der Waals surface area contributed by atoms with E-state index in [-0.39, 0.29) is 10.2 Å². The van der Waals surface area contributed by atoms with Crippen molar-refractivity contribution in [1.82, 2.24) is 9.97 Å². The maximum atomic E-state index is 6.05. The van der Waals surface area contributed by atoms with Gasteiger partial charge in [-0.1, -0.05) is 34.8 Å². The van der Waals surface area contributed by atoms with E-state index in [9.17, 15) is 0 Å².